The van der Waals surface area contributed by atoms with E-state index in [0.29, 0.717) is 6.54 Å². The van der Waals surface area contributed by atoms with Crippen LogP contribution in [-0.4, -0.2) is 36.9 Å². The summed E-state index contributed by atoms with van der Waals surface area (Å²) in [6.45, 7) is 1.23. The number of amides is 2. The van der Waals surface area contributed by atoms with Crippen molar-refractivity contribution in [1.29, 1.82) is 0 Å². The Labute approximate surface area is 176 Å². The number of nitrogens with one attached hydrogen (secondary N) is 2. The van der Waals surface area contributed by atoms with Gasteiger partial charge in [0, 0.05) is 18.5 Å². The van der Waals surface area contributed by atoms with Gasteiger partial charge in [-0.2, -0.15) is 13.5 Å². The maximum absolute atomic E-state index is 12.7. The first kappa shape index (κ1) is 19.6. The molecular weight excluding hydrogens is 404 g/mol. The van der Waals surface area contributed by atoms with Gasteiger partial charge in [-0.05, 0) is 79.7 Å². The highest BCUT2D eigenvalue weighted by Gasteiger charge is 2.27. The van der Waals surface area contributed by atoms with Gasteiger partial charge in [0.05, 0.1) is 12.6 Å². The number of anilines is 1. The highest BCUT2D eigenvalue weighted by molar-refractivity contribution is 7.90. The monoisotopic (exact) mass is 430 g/mol. The second-order valence-electron chi connectivity index (χ2n) is 8.30. The van der Waals surface area contributed by atoms with Crippen LogP contribution in [0.3, 0.4) is 0 Å². The number of urea groups is 1. The van der Waals surface area contributed by atoms with E-state index in [1.165, 1.54) is 17.2 Å². The molecule has 1 aliphatic heterocycles. The molecule has 1 aromatic carbocycles. The van der Waals surface area contributed by atoms with Gasteiger partial charge in [0.2, 0.25) is 0 Å². The van der Waals surface area contributed by atoms with E-state index in [9.17, 15) is 13.2 Å². The fourth-order valence-electron chi connectivity index (χ4n) is 4.87. The predicted molar refractivity (Wildman–Crippen MR) is 111 cm³/mol. The van der Waals surface area contributed by atoms with Crippen molar-refractivity contribution in [3.63, 3.8) is 0 Å². The number of ether oxygens (including phenoxy) is 1. The molecule has 9 heteroatoms. The fourth-order valence-corrected chi connectivity index (χ4v) is 5.72. The third kappa shape index (κ3) is 3.72. The third-order valence-corrected chi connectivity index (χ3v) is 7.47. The summed E-state index contributed by atoms with van der Waals surface area (Å²) in [5.41, 5.74) is 5.69. The first-order valence-corrected chi connectivity index (χ1v) is 12.1. The second kappa shape index (κ2) is 7.70. The maximum atomic E-state index is 12.7. The number of nitrogens with zero attached hydrogens (tertiary/aromatic N) is 2. The average molecular weight is 431 g/mol. The average Bonchev–Trinajstić information content (AvgIpc) is 3.49. The molecule has 5 rings (SSSR count). The Morgan fingerprint density at radius 2 is 1.87 bits per heavy atom. The Kier molecular flexibility index (Phi) is 5.02. The molecule has 1 fully saturated rings. The van der Waals surface area contributed by atoms with Crippen LogP contribution in [0.5, 0.6) is 0 Å². The zero-order valence-corrected chi connectivity index (χ0v) is 17.6. The van der Waals surface area contributed by atoms with Crippen LogP contribution >= 0.6 is 0 Å². The van der Waals surface area contributed by atoms with Crippen LogP contribution in [0.25, 0.3) is 0 Å². The van der Waals surface area contributed by atoms with Crippen LogP contribution in [0.2, 0.25) is 0 Å². The molecule has 1 aromatic heterocycles. The summed E-state index contributed by atoms with van der Waals surface area (Å²) in [6.07, 6.45) is 9.59. The van der Waals surface area contributed by atoms with Crippen LogP contribution < -0.4 is 10.0 Å². The summed E-state index contributed by atoms with van der Waals surface area (Å²) in [7, 11) is -4.06. The third-order valence-electron chi connectivity index (χ3n) is 6.24. The van der Waals surface area contributed by atoms with Gasteiger partial charge in [-0.15, -0.1) is 0 Å². The van der Waals surface area contributed by atoms with E-state index in [0.717, 1.165) is 74.8 Å². The Balaban J connectivity index is 1.31. The summed E-state index contributed by atoms with van der Waals surface area (Å²) in [5, 5.41) is 6.81. The molecule has 0 saturated carbocycles. The molecule has 8 nitrogen and oxygen atoms in total. The quantitative estimate of drug-likeness (QED) is 0.759. The zero-order valence-electron chi connectivity index (χ0n) is 16.8. The molecule has 2 heterocycles. The van der Waals surface area contributed by atoms with Crippen molar-refractivity contribution in [2.24, 2.45) is 0 Å². The maximum Gasteiger partial charge on any atom is 0.333 e. The number of benzene rings is 1. The summed E-state index contributed by atoms with van der Waals surface area (Å²) >= 11 is 0. The van der Waals surface area contributed by atoms with Gasteiger partial charge in [0.1, 0.15) is 0 Å². The molecule has 160 valence electrons. The lowest BCUT2D eigenvalue weighted by molar-refractivity contribution is 0.0937. The molecule has 2 aromatic rings. The minimum absolute atomic E-state index is 0.0546. The van der Waals surface area contributed by atoms with E-state index in [2.05, 4.69) is 21.2 Å². The number of fused-ring (bicyclic) bond motifs is 2. The minimum Gasteiger partial charge on any atom is -0.376 e. The van der Waals surface area contributed by atoms with Crippen molar-refractivity contribution < 1.29 is 17.9 Å². The number of hydrogen-bond acceptors (Lipinski definition) is 5. The molecule has 0 bridgehead atoms. The topological polar surface area (TPSA) is 102 Å². The van der Waals surface area contributed by atoms with E-state index in [-0.39, 0.29) is 11.1 Å². The molecular formula is C21H26N4O4S. The molecule has 2 N–H and O–H groups in total. The highest BCUT2D eigenvalue weighted by Crippen LogP contribution is 2.38. The van der Waals surface area contributed by atoms with Crippen molar-refractivity contribution in [3.05, 3.63) is 40.6 Å². The summed E-state index contributed by atoms with van der Waals surface area (Å²) in [5.74, 6) is 0. The molecule has 2 aliphatic carbocycles. The molecule has 0 radical (unpaired) electrons. The summed E-state index contributed by atoms with van der Waals surface area (Å²) < 4.78 is 34.6. The van der Waals surface area contributed by atoms with Gasteiger partial charge in [0.25, 0.3) is 10.0 Å². The fraction of sp³-hybridized carbons (Fsp3) is 0.524. The molecule has 2 amide bonds. The Morgan fingerprint density at radius 1 is 1.13 bits per heavy atom. The normalized spacial score (nSPS) is 20.2. The molecule has 3 aliphatic rings. The van der Waals surface area contributed by atoms with Gasteiger partial charge in [-0.25, -0.2) is 9.52 Å². The SMILES string of the molecule is O=C(Nc1c2c(cc3c1CCC3)CCC2)NS(=O)(=O)c1ccn(C[C@H]2CCCO2)n1. The lowest BCUT2D eigenvalue weighted by atomic mass is 9.99. The summed E-state index contributed by atoms with van der Waals surface area (Å²) in [4.78, 5) is 12.6. The first-order chi connectivity index (χ1) is 14.5. The lowest BCUT2D eigenvalue weighted by Crippen LogP contribution is -2.35. The number of sulfonamides is 1. The van der Waals surface area contributed by atoms with Crippen LogP contribution in [-0.2, 0) is 47.0 Å². The summed E-state index contributed by atoms with van der Waals surface area (Å²) in [6, 6.07) is 2.94. The highest BCUT2D eigenvalue weighted by atomic mass is 32.2. The lowest BCUT2D eigenvalue weighted by Gasteiger charge is -2.16. The zero-order chi connectivity index (χ0) is 20.7. The van der Waals surface area contributed by atoms with E-state index < -0.39 is 16.1 Å². The molecule has 1 atom stereocenters. The second-order valence-corrected chi connectivity index (χ2v) is 9.93. The number of carbonyl (C=O) groups excluding carboxylic acids is 1. The van der Waals surface area contributed by atoms with Crippen LogP contribution in [0.4, 0.5) is 10.5 Å². The van der Waals surface area contributed by atoms with Crippen LogP contribution in [0, 0.1) is 0 Å². The van der Waals surface area contributed by atoms with Gasteiger partial charge >= 0.3 is 6.03 Å². The van der Waals surface area contributed by atoms with Gasteiger partial charge in [-0.3, -0.25) is 4.68 Å². The van der Waals surface area contributed by atoms with E-state index in [1.54, 1.807) is 10.9 Å². The van der Waals surface area contributed by atoms with Crippen molar-refractivity contribution in [1.82, 2.24) is 14.5 Å². The van der Waals surface area contributed by atoms with Gasteiger partial charge < -0.3 is 10.1 Å². The van der Waals surface area contributed by atoms with Gasteiger partial charge in [-0.1, -0.05) is 6.07 Å². The molecule has 0 spiro atoms. The molecule has 0 unspecified atom stereocenters. The van der Waals surface area contributed by atoms with Crippen LogP contribution in [0.1, 0.15) is 47.9 Å². The van der Waals surface area contributed by atoms with E-state index in [1.807, 2.05) is 0 Å². The standard InChI is InChI=1S/C21H26N4O4S/c26-21(22-20-17-7-1-4-14(17)12-15-5-2-8-18(15)20)24-30(27,28)19-9-10-25(23-19)13-16-6-3-11-29-16/h9-10,12,16H,1-8,11,13H2,(H2,22,24,26)/t16-/m1/s1. The first-order valence-electron chi connectivity index (χ1n) is 10.6. The van der Waals surface area contributed by atoms with E-state index >= 15 is 0 Å². The largest absolute Gasteiger partial charge is 0.376 e. The van der Waals surface area contributed by atoms with Crippen molar-refractivity contribution in [2.75, 3.05) is 11.9 Å². The predicted octanol–water partition coefficient (Wildman–Crippen LogP) is 2.55. The van der Waals surface area contributed by atoms with Crippen molar-refractivity contribution in [2.45, 2.75) is 69.0 Å². The number of hydrogen-bond donors (Lipinski definition) is 2. The smallest absolute Gasteiger partial charge is 0.333 e. The van der Waals surface area contributed by atoms with Gasteiger partial charge in [0.15, 0.2) is 5.03 Å². The minimum atomic E-state index is -4.06. The Hall–Kier alpha value is -2.39. The number of aryl methyl sites for hydroxylation is 2. The van der Waals surface area contributed by atoms with Crippen molar-refractivity contribution >= 4 is 21.7 Å². The Bertz CT molecular complexity index is 1050. The molecule has 30 heavy (non-hydrogen) atoms. The Morgan fingerprint density at radius 3 is 2.53 bits per heavy atom. The van der Waals surface area contributed by atoms with Crippen molar-refractivity contribution in [3.8, 4) is 0 Å². The van der Waals surface area contributed by atoms with Crippen LogP contribution in [0.15, 0.2) is 23.4 Å². The van der Waals surface area contributed by atoms with E-state index in [4.69, 9.17) is 4.74 Å². The number of carbonyl (C=O) groups is 1. The molecule has 1 saturated heterocycles. The number of aromatic nitrogens is 2. The number of rotatable bonds is 5.